The second-order valence-corrected chi connectivity index (χ2v) is 5.11. The third-order valence-corrected chi connectivity index (χ3v) is 3.21. The zero-order valence-electron chi connectivity index (χ0n) is 15.4. The van der Waals surface area contributed by atoms with Crippen molar-refractivity contribution < 1.29 is 30.6 Å². The molecule has 0 aliphatic rings. The first-order chi connectivity index (χ1) is 12.6. The minimum atomic E-state index is -0.386. The largest absolute Gasteiger partial charge is 0.412 e. The van der Waals surface area contributed by atoms with Crippen LogP contribution in [0.15, 0.2) is 11.1 Å². The number of hydrogen-bond acceptors (Lipinski definition) is 10. The van der Waals surface area contributed by atoms with Crippen molar-refractivity contribution in [2.24, 2.45) is 0 Å². The normalized spacial score (nSPS) is 10.2. The number of rotatable bonds is 10. The molecule has 2 heterocycles. The van der Waals surface area contributed by atoms with Gasteiger partial charge in [0.2, 0.25) is 5.95 Å². The molecule has 0 saturated heterocycles. The molecule has 0 bridgehead atoms. The third kappa shape index (κ3) is 9.56. The van der Waals surface area contributed by atoms with Crippen molar-refractivity contribution in [2.45, 2.75) is 6.73 Å². The number of aromatic nitrogens is 4. The van der Waals surface area contributed by atoms with Gasteiger partial charge in [0, 0.05) is 37.2 Å². The van der Waals surface area contributed by atoms with Crippen molar-refractivity contribution in [2.75, 3.05) is 58.4 Å². The summed E-state index contributed by atoms with van der Waals surface area (Å²) in [4.78, 5) is 23.4. The van der Waals surface area contributed by atoms with Gasteiger partial charge in [0.15, 0.2) is 11.2 Å². The molecule has 0 atom stereocenters. The molecule has 13 nitrogen and oxygen atoms in total. The van der Waals surface area contributed by atoms with Crippen LogP contribution in [-0.2, 0) is 11.5 Å². The third-order valence-electron chi connectivity index (χ3n) is 3.21. The molecule has 9 N–H and O–H groups in total. The summed E-state index contributed by atoms with van der Waals surface area (Å²) in [5.74, 6) is 0.0291. The van der Waals surface area contributed by atoms with E-state index < -0.39 is 0 Å². The number of nitrogens with one attached hydrogen (secondary N) is 1. The zero-order chi connectivity index (χ0) is 19.4. The van der Waals surface area contributed by atoms with Gasteiger partial charge in [-0.15, -0.1) is 0 Å². The van der Waals surface area contributed by atoms with Crippen LogP contribution in [0.3, 0.4) is 0 Å². The van der Waals surface area contributed by atoms with Crippen LogP contribution in [-0.4, -0.2) is 121 Å². The van der Waals surface area contributed by atoms with E-state index in [9.17, 15) is 4.79 Å². The standard InChI is InChI=1S/C8H11N5O3.C6H15NO3.Ge.H2O/c9-8-11-6-5(7(15)12-8)10-3-13(6)4-16-2-1-14;8-4-1-7(2-5-9)3-6-10;;/h3,14H,1-2,4H2,(H3,9,11,12,15);8-10H,1-6H2;;1H2. The molecule has 14 heteroatoms. The molecule has 0 aromatic carbocycles. The molecule has 2 aromatic heterocycles. The molecule has 0 unspecified atom stereocenters. The molecular weight excluding hydrogens is 437 g/mol. The molecule has 4 radical (unpaired) electrons. The quantitative estimate of drug-likeness (QED) is 0.147. The molecule has 0 saturated carbocycles. The summed E-state index contributed by atoms with van der Waals surface area (Å²) in [5.41, 5.74) is 5.60. The Kier molecular flexibility index (Phi) is 16.7. The van der Waals surface area contributed by atoms with Gasteiger partial charge < -0.3 is 36.4 Å². The van der Waals surface area contributed by atoms with Crippen molar-refractivity contribution in [3.63, 3.8) is 0 Å². The van der Waals surface area contributed by atoms with E-state index in [0.717, 1.165) is 0 Å². The Bertz CT molecular complexity index is 684. The molecule has 0 spiro atoms. The number of aromatic amines is 1. The van der Waals surface area contributed by atoms with Crippen LogP contribution in [0.5, 0.6) is 0 Å². The fourth-order valence-corrected chi connectivity index (χ4v) is 2.05. The number of imidazole rings is 1. The second-order valence-electron chi connectivity index (χ2n) is 5.11. The maximum atomic E-state index is 11.4. The number of nitrogen functional groups attached to an aromatic ring is 1. The van der Waals surface area contributed by atoms with E-state index in [2.05, 4.69) is 15.0 Å². The number of fused-ring (bicyclic) bond motifs is 1. The Labute approximate surface area is 172 Å². The van der Waals surface area contributed by atoms with Crippen LogP contribution in [0, 0.1) is 0 Å². The number of nitrogens with two attached hydrogens (primary N) is 1. The fourth-order valence-electron chi connectivity index (χ4n) is 2.05. The average molecular weight is 465 g/mol. The van der Waals surface area contributed by atoms with Crippen LogP contribution < -0.4 is 11.3 Å². The van der Waals surface area contributed by atoms with E-state index in [1.807, 2.05) is 0 Å². The summed E-state index contributed by atoms with van der Waals surface area (Å²) in [7, 11) is 0. The van der Waals surface area contributed by atoms with Gasteiger partial charge in [-0.05, 0) is 0 Å². The first-order valence-corrected chi connectivity index (χ1v) is 8.01. The van der Waals surface area contributed by atoms with Crippen LogP contribution in [0.25, 0.3) is 11.2 Å². The molecule has 0 aliphatic heterocycles. The van der Waals surface area contributed by atoms with Crippen LogP contribution in [0.2, 0.25) is 0 Å². The average Bonchev–Trinajstić information content (AvgIpc) is 3.00. The van der Waals surface area contributed by atoms with Crippen LogP contribution >= 0.6 is 0 Å². The number of H-pyrrole nitrogens is 1. The molecule has 2 rings (SSSR count). The van der Waals surface area contributed by atoms with Crippen molar-refractivity contribution in [3.8, 4) is 0 Å². The summed E-state index contributed by atoms with van der Waals surface area (Å²) in [5, 5.41) is 34.0. The molecule has 0 aliphatic carbocycles. The fraction of sp³-hybridized carbons (Fsp3) is 0.643. The number of hydrogen-bond donors (Lipinski definition) is 6. The molecular formula is C14H28GeN6O7. The second kappa shape index (κ2) is 16.4. The molecule has 2 aromatic rings. The van der Waals surface area contributed by atoms with E-state index in [1.54, 1.807) is 4.90 Å². The summed E-state index contributed by atoms with van der Waals surface area (Å²) < 4.78 is 6.63. The van der Waals surface area contributed by atoms with E-state index >= 15 is 0 Å². The minimum absolute atomic E-state index is 0. The predicted molar refractivity (Wildman–Crippen MR) is 103 cm³/mol. The van der Waals surface area contributed by atoms with Gasteiger partial charge in [-0.3, -0.25) is 19.2 Å². The predicted octanol–water partition coefficient (Wildman–Crippen LogP) is -4.27. The topological polar surface area (TPSA) is 214 Å². The van der Waals surface area contributed by atoms with Gasteiger partial charge >= 0.3 is 0 Å². The number of anilines is 1. The zero-order valence-corrected chi connectivity index (χ0v) is 17.5. The first kappa shape index (κ1) is 28.6. The Hall–Kier alpha value is -1.59. The summed E-state index contributed by atoms with van der Waals surface area (Å²) in [6.07, 6.45) is 1.43. The number of nitrogens with zero attached hydrogens (tertiary/aromatic N) is 4. The Balaban J connectivity index is 0. The van der Waals surface area contributed by atoms with E-state index in [4.69, 9.17) is 30.9 Å². The van der Waals surface area contributed by atoms with Crippen molar-refractivity contribution in [1.82, 2.24) is 24.4 Å². The van der Waals surface area contributed by atoms with Crippen LogP contribution in [0.1, 0.15) is 0 Å². The van der Waals surface area contributed by atoms with Crippen molar-refractivity contribution in [1.29, 1.82) is 0 Å². The number of aliphatic hydroxyl groups excluding tert-OH is 4. The van der Waals surface area contributed by atoms with E-state index in [0.29, 0.717) is 25.3 Å². The minimum Gasteiger partial charge on any atom is -0.412 e. The summed E-state index contributed by atoms with van der Waals surface area (Å²) >= 11 is 0. The van der Waals surface area contributed by atoms with Crippen LogP contribution in [0.4, 0.5) is 5.95 Å². The molecule has 0 fully saturated rings. The van der Waals surface area contributed by atoms with Gasteiger partial charge in [-0.1, -0.05) is 0 Å². The SMILES string of the molecule is Nc1nc2c(ncn2COCCO)c(=O)[nH]1.O.OCCN(CCO)CCO.[Ge]. The van der Waals surface area contributed by atoms with Crippen molar-refractivity contribution >= 4 is 34.7 Å². The van der Waals surface area contributed by atoms with Gasteiger partial charge in [0.1, 0.15) is 6.73 Å². The molecule has 160 valence electrons. The summed E-state index contributed by atoms with van der Waals surface area (Å²) in [6.45, 7) is 2.05. The van der Waals surface area contributed by atoms with Crippen molar-refractivity contribution in [3.05, 3.63) is 16.7 Å². The van der Waals surface area contributed by atoms with Gasteiger partial charge in [-0.25, -0.2) is 4.98 Å². The maximum absolute atomic E-state index is 11.4. The number of ether oxygens (including phenoxy) is 1. The monoisotopic (exact) mass is 466 g/mol. The number of aliphatic hydroxyl groups is 4. The van der Waals surface area contributed by atoms with Gasteiger partial charge in [0.05, 0.1) is 39.4 Å². The first-order valence-electron chi connectivity index (χ1n) is 8.01. The Morgan fingerprint density at radius 2 is 1.68 bits per heavy atom. The molecule has 0 amide bonds. The smallest absolute Gasteiger partial charge is 0.280 e. The van der Waals surface area contributed by atoms with E-state index in [-0.39, 0.29) is 79.9 Å². The van der Waals surface area contributed by atoms with E-state index in [1.165, 1.54) is 10.9 Å². The maximum Gasteiger partial charge on any atom is 0.280 e. The van der Waals surface area contributed by atoms with Gasteiger partial charge in [0.25, 0.3) is 5.56 Å². The van der Waals surface area contributed by atoms with Gasteiger partial charge in [-0.2, -0.15) is 4.98 Å². The summed E-state index contributed by atoms with van der Waals surface area (Å²) in [6, 6.07) is 0. The molecule has 28 heavy (non-hydrogen) atoms. The Morgan fingerprint density at radius 3 is 2.18 bits per heavy atom. The Morgan fingerprint density at radius 1 is 1.11 bits per heavy atom.